The quantitative estimate of drug-likeness (QED) is 0.215. The van der Waals surface area contributed by atoms with Crippen LogP contribution in [0, 0.1) is 52.3 Å². The van der Waals surface area contributed by atoms with Crippen LogP contribution in [0.4, 0.5) is 0 Å². The maximum Gasteiger partial charge on any atom is 0.203 e. The minimum atomic E-state index is -0.00961. The first-order chi connectivity index (χ1) is 16.5. The second kappa shape index (κ2) is 11.2. The normalized spacial score (nSPS) is 40.6. The molecule has 0 heterocycles. The van der Waals surface area contributed by atoms with Crippen molar-refractivity contribution in [3.63, 3.8) is 0 Å². The summed E-state index contributed by atoms with van der Waals surface area (Å²) in [5, 5.41) is 0.824. The van der Waals surface area contributed by atoms with E-state index in [9.17, 15) is 4.79 Å². The standard InChI is InChI=1S/C32H53BrOS/c1-20(2)9-8-10-22(5)26-13-14-27-25-12-11-23-19-24(35-30(34)29(33)21(3)4)15-17-31(23,6)28(25)16-18-32(26,27)7/h11,20-22,24-29H,8-10,12-19H2,1-7H3. The fraction of sp³-hybridized carbons (Fsp3) is 0.906. The summed E-state index contributed by atoms with van der Waals surface area (Å²) in [7, 11) is 0. The minimum Gasteiger partial charge on any atom is -0.286 e. The van der Waals surface area contributed by atoms with Gasteiger partial charge in [-0.25, -0.2) is 0 Å². The first-order valence-corrected chi connectivity index (χ1v) is 16.8. The van der Waals surface area contributed by atoms with Crippen LogP contribution in [0.1, 0.15) is 119 Å². The molecule has 4 rings (SSSR count). The highest BCUT2D eigenvalue weighted by atomic mass is 79.9. The van der Waals surface area contributed by atoms with Gasteiger partial charge in [0.05, 0.1) is 4.83 Å². The lowest BCUT2D eigenvalue weighted by molar-refractivity contribution is -0.111. The summed E-state index contributed by atoms with van der Waals surface area (Å²) in [6.45, 7) is 16.9. The van der Waals surface area contributed by atoms with Gasteiger partial charge in [0, 0.05) is 5.25 Å². The zero-order chi connectivity index (χ0) is 25.5. The number of hydrogen-bond donors (Lipinski definition) is 0. The number of hydrogen-bond acceptors (Lipinski definition) is 2. The molecule has 9 unspecified atom stereocenters. The molecule has 35 heavy (non-hydrogen) atoms. The smallest absolute Gasteiger partial charge is 0.203 e. The lowest BCUT2D eigenvalue weighted by atomic mass is 9.47. The molecule has 0 amide bonds. The fourth-order valence-corrected chi connectivity index (χ4v) is 10.8. The van der Waals surface area contributed by atoms with E-state index in [0.717, 1.165) is 41.9 Å². The molecule has 0 bridgehead atoms. The fourth-order valence-electron chi connectivity index (χ4n) is 9.25. The third kappa shape index (κ3) is 5.53. The van der Waals surface area contributed by atoms with Gasteiger partial charge in [0.2, 0.25) is 5.12 Å². The Labute approximate surface area is 229 Å². The van der Waals surface area contributed by atoms with E-state index in [0.29, 0.717) is 27.1 Å². The molecule has 0 aliphatic heterocycles. The van der Waals surface area contributed by atoms with Crippen LogP contribution in [0.25, 0.3) is 0 Å². The average molecular weight is 566 g/mol. The maximum atomic E-state index is 12.8. The second-order valence-electron chi connectivity index (χ2n) is 14.2. The summed E-state index contributed by atoms with van der Waals surface area (Å²) in [5.74, 6) is 5.74. The molecule has 4 aliphatic rings. The van der Waals surface area contributed by atoms with E-state index in [1.165, 1.54) is 64.2 Å². The Hall–Kier alpha value is 0.240. The van der Waals surface area contributed by atoms with Crippen molar-refractivity contribution >= 4 is 32.8 Å². The van der Waals surface area contributed by atoms with E-state index >= 15 is 0 Å². The van der Waals surface area contributed by atoms with Gasteiger partial charge in [-0.3, -0.25) is 4.79 Å². The lowest BCUT2D eigenvalue weighted by Gasteiger charge is -2.58. The highest BCUT2D eigenvalue weighted by Gasteiger charge is 2.59. The number of halogens is 1. The zero-order valence-electron chi connectivity index (χ0n) is 23.7. The van der Waals surface area contributed by atoms with E-state index in [-0.39, 0.29) is 4.83 Å². The van der Waals surface area contributed by atoms with E-state index in [1.807, 2.05) is 0 Å². The molecule has 3 fully saturated rings. The number of thioether (sulfide) groups is 1. The zero-order valence-corrected chi connectivity index (χ0v) is 26.1. The number of carbonyl (C=O) groups is 1. The van der Waals surface area contributed by atoms with Crippen molar-refractivity contribution < 1.29 is 4.79 Å². The van der Waals surface area contributed by atoms with Crippen LogP contribution >= 0.6 is 27.7 Å². The molecule has 3 saturated carbocycles. The summed E-state index contributed by atoms with van der Waals surface area (Å²) < 4.78 is 0. The molecule has 3 heteroatoms. The van der Waals surface area contributed by atoms with Crippen LogP contribution in [0.5, 0.6) is 0 Å². The Morgan fingerprint density at radius 3 is 2.46 bits per heavy atom. The van der Waals surface area contributed by atoms with Crippen molar-refractivity contribution in [2.24, 2.45) is 52.3 Å². The molecule has 0 aromatic rings. The van der Waals surface area contributed by atoms with Crippen LogP contribution in [0.15, 0.2) is 11.6 Å². The highest BCUT2D eigenvalue weighted by Crippen LogP contribution is 2.67. The summed E-state index contributed by atoms with van der Waals surface area (Å²) in [6, 6.07) is 0. The predicted octanol–water partition coefficient (Wildman–Crippen LogP) is 10.1. The Morgan fingerprint density at radius 1 is 1.03 bits per heavy atom. The monoisotopic (exact) mass is 564 g/mol. The molecule has 0 saturated heterocycles. The summed E-state index contributed by atoms with van der Waals surface area (Å²) in [4.78, 5) is 12.8. The summed E-state index contributed by atoms with van der Waals surface area (Å²) in [5.41, 5.74) is 2.67. The van der Waals surface area contributed by atoms with Crippen molar-refractivity contribution in [3.8, 4) is 0 Å². The number of fused-ring (bicyclic) bond motifs is 5. The Balaban J connectivity index is 1.43. The molecule has 0 spiro atoms. The van der Waals surface area contributed by atoms with E-state index < -0.39 is 0 Å². The topological polar surface area (TPSA) is 17.1 Å². The van der Waals surface area contributed by atoms with Gasteiger partial charge in [-0.2, -0.15) is 0 Å². The van der Waals surface area contributed by atoms with Gasteiger partial charge < -0.3 is 0 Å². The van der Waals surface area contributed by atoms with Gasteiger partial charge in [0.15, 0.2) is 0 Å². The van der Waals surface area contributed by atoms with Gasteiger partial charge in [-0.15, -0.1) is 0 Å². The molecule has 0 aromatic carbocycles. The SMILES string of the molecule is CC(C)CCCC(C)C1CCC2C3CC=C4CC(SC(=O)C(Br)C(C)C)CCC4(C)C3CCC12C. The third-order valence-corrected chi connectivity index (χ3v) is 14.4. The van der Waals surface area contributed by atoms with Crippen LogP contribution in [-0.2, 0) is 4.79 Å². The number of allylic oxidation sites excluding steroid dienone is 2. The first-order valence-electron chi connectivity index (χ1n) is 15.0. The summed E-state index contributed by atoms with van der Waals surface area (Å²) >= 11 is 5.28. The van der Waals surface area contributed by atoms with Crippen LogP contribution < -0.4 is 0 Å². The van der Waals surface area contributed by atoms with E-state index in [1.54, 1.807) is 17.3 Å². The van der Waals surface area contributed by atoms with Gasteiger partial charge in [-0.05, 0) is 104 Å². The lowest BCUT2D eigenvalue weighted by Crippen LogP contribution is -2.50. The predicted molar refractivity (Wildman–Crippen MR) is 157 cm³/mol. The van der Waals surface area contributed by atoms with Gasteiger partial charge >= 0.3 is 0 Å². The molecular formula is C32H53BrOS. The number of carbonyl (C=O) groups excluding carboxylic acids is 1. The van der Waals surface area contributed by atoms with Gasteiger partial charge in [0.1, 0.15) is 0 Å². The van der Waals surface area contributed by atoms with Crippen LogP contribution in [-0.4, -0.2) is 15.2 Å². The molecule has 9 atom stereocenters. The second-order valence-corrected chi connectivity index (χ2v) is 16.5. The summed E-state index contributed by atoms with van der Waals surface area (Å²) in [6.07, 6.45) is 17.7. The first kappa shape index (κ1) is 28.3. The highest BCUT2D eigenvalue weighted by molar-refractivity contribution is 9.10. The van der Waals surface area contributed by atoms with E-state index in [2.05, 4.69) is 70.5 Å². The maximum absolute atomic E-state index is 12.8. The molecule has 1 nitrogen and oxygen atoms in total. The molecule has 200 valence electrons. The Bertz CT molecular complexity index is 788. The molecule has 0 radical (unpaired) electrons. The van der Waals surface area contributed by atoms with Crippen molar-refractivity contribution in [1.82, 2.24) is 0 Å². The molecule has 4 aliphatic carbocycles. The van der Waals surface area contributed by atoms with Crippen molar-refractivity contribution in [2.45, 2.75) is 129 Å². The van der Waals surface area contributed by atoms with Gasteiger partial charge in [0.25, 0.3) is 0 Å². The molecule has 0 aromatic heterocycles. The van der Waals surface area contributed by atoms with Gasteiger partial charge in [-0.1, -0.05) is 107 Å². The Morgan fingerprint density at radius 2 is 1.77 bits per heavy atom. The minimum absolute atomic E-state index is 0.00961. The van der Waals surface area contributed by atoms with Crippen molar-refractivity contribution in [3.05, 3.63) is 11.6 Å². The largest absolute Gasteiger partial charge is 0.286 e. The van der Waals surface area contributed by atoms with E-state index in [4.69, 9.17) is 0 Å². The average Bonchev–Trinajstić information content (AvgIpc) is 3.15. The molecule has 0 N–H and O–H groups in total. The van der Waals surface area contributed by atoms with Crippen molar-refractivity contribution in [1.29, 1.82) is 0 Å². The Kier molecular flexibility index (Phi) is 9.00. The molecular weight excluding hydrogens is 512 g/mol. The third-order valence-electron chi connectivity index (χ3n) is 11.4. The van der Waals surface area contributed by atoms with Crippen LogP contribution in [0.3, 0.4) is 0 Å². The van der Waals surface area contributed by atoms with Crippen LogP contribution in [0.2, 0.25) is 0 Å². The number of rotatable bonds is 8. The number of alkyl halides is 1. The van der Waals surface area contributed by atoms with Crippen molar-refractivity contribution in [2.75, 3.05) is 0 Å².